The molecular formula is C47H70O6. The Kier molecular flexibility index (Phi) is 19.1. The lowest BCUT2D eigenvalue weighted by molar-refractivity contribution is 0.259. The number of benzene rings is 4. The third-order valence-electron chi connectivity index (χ3n) is 10.4. The lowest BCUT2D eigenvalue weighted by Gasteiger charge is -2.20. The first-order valence-corrected chi connectivity index (χ1v) is 21.3. The molecule has 4 aromatic rings. The minimum Gasteiger partial charge on any atom is -0.504 e. The van der Waals surface area contributed by atoms with Gasteiger partial charge in [0.2, 0.25) is 0 Å². The van der Waals surface area contributed by atoms with Gasteiger partial charge in [0.05, 0.1) is 33.5 Å². The molecule has 0 unspecified atom stereocenters. The summed E-state index contributed by atoms with van der Waals surface area (Å²) in [5, 5.41) is 17.1. The van der Waals surface area contributed by atoms with E-state index in [9.17, 15) is 5.11 Å². The third kappa shape index (κ3) is 12.8. The van der Waals surface area contributed by atoms with Crippen molar-refractivity contribution in [2.75, 3.05) is 33.5 Å². The summed E-state index contributed by atoms with van der Waals surface area (Å²) < 4.78 is 31.8. The largest absolute Gasteiger partial charge is 0.504 e. The van der Waals surface area contributed by atoms with Gasteiger partial charge in [-0.15, -0.1) is 0 Å². The SMILES string of the molecule is CCCCCCCOc1cc2c3cc(O)c(OC)cc3c3cc(OCCCCCCC)c(OCCCCCCC)cc3c2cc1OCCCCCCC. The molecule has 0 amide bonds. The predicted octanol–water partition coefficient (Wildman–Crippen LogP) is 14.3. The highest BCUT2D eigenvalue weighted by Crippen LogP contribution is 2.47. The summed E-state index contributed by atoms with van der Waals surface area (Å²) in [6.07, 6.45) is 23.5. The average molecular weight is 731 g/mol. The van der Waals surface area contributed by atoms with Gasteiger partial charge in [0.25, 0.3) is 0 Å². The molecule has 4 aromatic carbocycles. The smallest absolute Gasteiger partial charge is 0.161 e. The number of hydrogen-bond donors (Lipinski definition) is 1. The van der Waals surface area contributed by atoms with Crippen molar-refractivity contribution in [3.8, 4) is 34.5 Å². The lowest BCUT2D eigenvalue weighted by Crippen LogP contribution is -2.04. The molecule has 0 fully saturated rings. The molecule has 0 aliphatic rings. The average Bonchev–Trinajstić information content (AvgIpc) is 3.17. The first-order valence-electron chi connectivity index (χ1n) is 21.3. The van der Waals surface area contributed by atoms with Crippen molar-refractivity contribution in [2.24, 2.45) is 0 Å². The second kappa shape index (κ2) is 24.0. The van der Waals surface area contributed by atoms with Crippen molar-refractivity contribution in [2.45, 2.75) is 156 Å². The molecule has 0 saturated heterocycles. The molecular weight excluding hydrogens is 661 g/mol. The van der Waals surface area contributed by atoms with Gasteiger partial charge >= 0.3 is 0 Å². The zero-order chi connectivity index (χ0) is 37.7. The Morgan fingerprint density at radius 3 is 0.849 bits per heavy atom. The normalized spacial score (nSPS) is 11.5. The van der Waals surface area contributed by atoms with Crippen LogP contribution in [-0.4, -0.2) is 38.6 Å². The van der Waals surface area contributed by atoms with Crippen LogP contribution in [0.15, 0.2) is 36.4 Å². The summed E-state index contributed by atoms with van der Waals surface area (Å²) in [5.74, 6) is 3.61. The Bertz CT molecular complexity index is 1650. The van der Waals surface area contributed by atoms with Crippen molar-refractivity contribution >= 4 is 32.3 Å². The van der Waals surface area contributed by atoms with E-state index in [2.05, 4.69) is 52.0 Å². The molecule has 1 N–H and O–H groups in total. The lowest BCUT2D eigenvalue weighted by atomic mass is 9.93. The van der Waals surface area contributed by atoms with Crippen LogP contribution in [0.2, 0.25) is 0 Å². The van der Waals surface area contributed by atoms with Gasteiger partial charge in [0, 0.05) is 0 Å². The third-order valence-corrected chi connectivity index (χ3v) is 10.4. The quantitative estimate of drug-likeness (QED) is 0.0443. The van der Waals surface area contributed by atoms with Gasteiger partial charge in [-0.3, -0.25) is 0 Å². The van der Waals surface area contributed by atoms with Gasteiger partial charge in [0.1, 0.15) is 0 Å². The Labute approximate surface area is 320 Å². The molecule has 0 spiro atoms. The van der Waals surface area contributed by atoms with Crippen LogP contribution in [0.4, 0.5) is 0 Å². The highest BCUT2D eigenvalue weighted by Gasteiger charge is 2.20. The van der Waals surface area contributed by atoms with Crippen LogP contribution in [-0.2, 0) is 0 Å². The van der Waals surface area contributed by atoms with Gasteiger partial charge in [0.15, 0.2) is 34.5 Å². The molecule has 53 heavy (non-hydrogen) atoms. The molecule has 6 nitrogen and oxygen atoms in total. The number of rotatable bonds is 29. The van der Waals surface area contributed by atoms with Crippen molar-refractivity contribution in [3.63, 3.8) is 0 Å². The van der Waals surface area contributed by atoms with Crippen molar-refractivity contribution < 1.29 is 28.8 Å². The fourth-order valence-electron chi connectivity index (χ4n) is 7.19. The molecule has 0 aliphatic carbocycles. The zero-order valence-electron chi connectivity index (χ0n) is 33.9. The summed E-state index contributed by atoms with van der Waals surface area (Å²) >= 11 is 0. The molecule has 0 bridgehead atoms. The van der Waals surface area contributed by atoms with E-state index in [1.54, 1.807) is 7.11 Å². The fraction of sp³-hybridized carbons (Fsp3) is 0.617. The van der Waals surface area contributed by atoms with E-state index < -0.39 is 0 Å². The minimum absolute atomic E-state index is 0.109. The van der Waals surface area contributed by atoms with E-state index in [4.69, 9.17) is 23.7 Å². The van der Waals surface area contributed by atoms with E-state index in [0.29, 0.717) is 32.2 Å². The van der Waals surface area contributed by atoms with Gasteiger partial charge in [-0.1, -0.05) is 130 Å². The Morgan fingerprint density at radius 1 is 0.340 bits per heavy atom. The topological polar surface area (TPSA) is 66.4 Å². The van der Waals surface area contributed by atoms with Gasteiger partial charge in [-0.25, -0.2) is 0 Å². The number of unbranched alkanes of at least 4 members (excludes halogenated alkanes) is 16. The first kappa shape index (κ1) is 42.2. The van der Waals surface area contributed by atoms with E-state index in [1.165, 1.54) is 77.0 Å². The summed E-state index contributed by atoms with van der Waals surface area (Å²) in [6.45, 7) is 11.6. The maximum atomic E-state index is 11.1. The number of ether oxygens (including phenoxy) is 5. The Morgan fingerprint density at radius 2 is 0.585 bits per heavy atom. The Hall–Kier alpha value is -3.54. The summed E-state index contributed by atoms with van der Waals surface area (Å²) in [5.41, 5.74) is 0. The second-order valence-corrected chi connectivity index (χ2v) is 14.8. The maximum absolute atomic E-state index is 11.1. The minimum atomic E-state index is 0.109. The van der Waals surface area contributed by atoms with Crippen molar-refractivity contribution in [1.82, 2.24) is 0 Å². The van der Waals surface area contributed by atoms with Gasteiger partial charge in [-0.2, -0.15) is 0 Å². The second-order valence-electron chi connectivity index (χ2n) is 14.8. The number of hydrogen-bond acceptors (Lipinski definition) is 6. The highest BCUT2D eigenvalue weighted by atomic mass is 16.5. The predicted molar refractivity (Wildman–Crippen MR) is 224 cm³/mol. The van der Waals surface area contributed by atoms with Crippen LogP contribution in [0.3, 0.4) is 0 Å². The van der Waals surface area contributed by atoms with E-state index in [0.717, 1.165) is 107 Å². The van der Waals surface area contributed by atoms with Crippen LogP contribution >= 0.6 is 0 Å². The number of phenols is 1. The molecule has 0 heterocycles. The standard InChI is InChI=1S/C47H70O6/c1-6-10-14-18-22-26-50-44-32-38-36-30-42(48)43(49-5)31-37(36)39-33-45(51-27-23-19-15-11-7-2)47(53-29-25-21-17-13-9-4)35-41(39)40(38)34-46(44)52-28-24-20-16-12-8-3/h30-35,48H,6-29H2,1-5H3. The summed E-state index contributed by atoms with van der Waals surface area (Å²) in [4.78, 5) is 0. The van der Waals surface area contributed by atoms with Crippen LogP contribution in [0.1, 0.15) is 156 Å². The van der Waals surface area contributed by atoms with E-state index >= 15 is 0 Å². The zero-order valence-corrected chi connectivity index (χ0v) is 33.9. The molecule has 0 atom stereocenters. The van der Waals surface area contributed by atoms with Crippen LogP contribution < -0.4 is 23.7 Å². The monoisotopic (exact) mass is 731 g/mol. The molecule has 4 rings (SSSR count). The molecule has 0 saturated carbocycles. The number of fused-ring (bicyclic) bond motifs is 6. The van der Waals surface area contributed by atoms with Crippen LogP contribution in [0, 0.1) is 0 Å². The molecule has 6 heteroatoms. The molecule has 0 radical (unpaired) electrons. The van der Waals surface area contributed by atoms with Gasteiger partial charge < -0.3 is 28.8 Å². The Balaban J connectivity index is 1.82. The number of aromatic hydroxyl groups is 1. The van der Waals surface area contributed by atoms with Crippen molar-refractivity contribution in [3.05, 3.63) is 36.4 Å². The van der Waals surface area contributed by atoms with E-state index in [-0.39, 0.29) is 5.75 Å². The molecule has 0 aromatic heterocycles. The van der Waals surface area contributed by atoms with Crippen molar-refractivity contribution in [1.29, 1.82) is 0 Å². The van der Waals surface area contributed by atoms with Gasteiger partial charge in [-0.05, 0) is 94.4 Å². The molecule has 0 aliphatic heterocycles. The van der Waals surface area contributed by atoms with Crippen LogP contribution in [0.5, 0.6) is 34.5 Å². The summed E-state index contributed by atoms with van der Waals surface area (Å²) in [6, 6.07) is 12.4. The highest BCUT2D eigenvalue weighted by molar-refractivity contribution is 6.26. The first-order chi connectivity index (χ1) is 26.1. The summed E-state index contributed by atoms with van der Waals surface area (Å²) in [7, 11) is 1.60. The molecule has 294 valence electrons. The fourth-order valence-corrected chi connectivity index (χ4v) is 7.19. The van der Waals surface area contributed by atoms with Crippen LogP contribution in [0.25, 0.3) is 32.3 Å². The number of methoxy groups -OCH3 is 1. The maximum Gasteiger partial charge on any atom is 0.161 e. The van der Waals surface area contributed by atoms with E-state index in [1.807, 2.05) is 12.1 Å². The number of phenolic OH excluding ortho intramolecular Hbond substituents is 1.